The number of amides is 8. The van der Waals surface area contributed by atoms with E-state index in [0.29, 0.717) is 24.0 Å². The predicted molar refractivity (Wildman–Crippen MR) is 318 cm³/mol. The number of unbranched alkanes of at least 4 members (excludes halogenated alkanes) is 2. The topological polar surface area (TPSA) is 392 Å². The SMILES string of the molecule is C[C@@H](OCc1ccccc1)[C@H](NC(=O)[C@H](CCCCNC(=O)OCc1ccccc1)NC(=O)[C@H](CCCN=C(N)N[N+](=O)[O-])NC(=O)[C@@H]1CCCN1C(=O)OCc1ccccc1)C(=O)N[C@@H](CCCCNC(=O)OCc1ccccc1)C(=O)NCC(=O)O. The number of hydrogen-bond acceptors (Lipinski definition) is 16. The Kier molecular flexibility index (Phi) is 29.9. The molecule has 1 aliphatic heterocycles. The van der Waals surface area contributed by atoms with Crippen LogP contribution < -0.4 is 48.4 Å². The monoisotopic (exact) mass is 1220 g/mol. The Morgan fingerprint density at radius 2 is 1.06 bits per heavy atom. The number of nitrogens with zero attached hydrogens (tertiary/aromatic N) is 3. The highest BCUT2D eigenvalue weighted by molar-refractivity contribution is 5.97. The van der Waals surface area contributed by atoms with Gasteiger partial charge in [0.05, 0.1) is 12.7 Å². The van der Waals surface area contributed by atoms with Gasteiger partial charge in [-0.25, -0.2) is 29.5 Å². The van der Waals surface area contributed by atoms with Crippen molar-refractivity contribution in [2.24, 2.45) is 10.7 Å². The van der Waals surface area contributed by atoms with Crippen LogP contribution in [0.15, 0.2) is 126 Å². The fourth-order valence-electron chi connectivity index (χ4n) is 9.00. The molecule has 1 saturated heterocycles. The fourth-order valence-corrected chi connectivity index (χ4v) is 9.00. The maximum Gasteiger partial charge on any atom is 0.410 e. The first-order valence-electron chi connectivity index (χ1n) is 28.9. The van der Waals surface area contributed by atoms with Crippen molar-refractivity contribution in [2.45, 2.75) is 134 Å². The number of ether oxygens (including phenoxy) is 4. The third-order valence-electron chi connectivity index (χ3n) is 13.7. The van der Waals surface area contributed by atoms with Crippen LogP contribution in [0.25, 0.3) is 0 Å². The summed E-state index contributed by atoms with van der Waals surface area (Å²) in [6.45, 7) is 0.834. The molecule has 11 N–H and O–H groups in total. The molecule has 0 aliphatic carbocycles. The fraction of sp³-hybridized carbons (Fsp3) is 0.433. The maximum atomic E-state index is 14.9. The van der Waals surface area contributed by atoms with Crippen molar-refractivity contribution >= 4 is 59.7 Å². The molecule has 5 rings (SSSR count). The zero-order valence-electron chi connectivity index (χ0n) is 48.9. The Morgan fingerprint density at radius 1 is 0.602 bits per heavy atom. The van der Waals surface area contributed by atoms with Crippen LogP contribution in [0.4, 0.5) is 14.4 Å². The van der Waals surface area contributed by atoms with E-state index in [2.05, 4.69) is 42.2 Å². The maximum absolute atomic E-state index is 14.9. The van der Waals surface area contributed by atoms with E-state index in [0.717, 1.165) is 11.1 Å². The number of nitrogens with one attached hydrogen (secondary N) is 8. The number of nitrogens with two attached hydrogens (primary N) is 1. The number of hydrogen-bond donors (Lipinski definition) is 10. The van der Waals surface area contributed by atoms with Crippen LogP contribution in [0.2, 0.25) is 0 Å². The summed E-state index contributed by atoms with van der Waals surface area (Å²) in [7, 11) is 0. The number of alkyl carbamates (subject to hydrolysis) is 2. The number of aliphatic carboxylic acids is 1. The van der Waals surface area contributed by atoms with E-state index in [-0.39, 0.29) is 104 Å². The lowest BCUT2D eigenvalue weighted by molar-refractivity contribution is -0.525. The molecule has 1 aliphatic rings. The minimum absolute atomic E-state index is 0.00634. The van der Waals surface area contributed by atoms with Gasteiger partial charge in [-0.15, -0.1) is 0 Å². The number of guanidine groups is 1. The number of carboxylic acid groups (broad SMARTS) is 1. The van der Waals surface area contributed by atoms with Crippen molar-refractivity contribution < 1.29 is 72.2 Å². The van der Waals surface area contributed by atoms with Gasteiger partial charge in [-0.3, -0.25) is 33.7 Å². The summed E-state index contributed by atoms with van der Waals surface area (Å²) in [5.74, 6) is -6.23. The zero-order chi connectivity index (χ0) is 63.5. The van der Waals surface area contributed by atoms with E-state index < -0.39 is 108 Å². The van der Waals surface area contributed by atoms with Gasteiger partial charge in [-0.2, -0.15) is 0 Å². The van der Waals surface area contributed by atoms with Gasteiger partial charge in [-0.05, 0) is 93.4 Å². The second kappa shape index (κ2) is 38.2. The number of carbonyl (C=O) groups excluding carboxylic acids is 8. The van der Waals surface area contributed by atoms with E-state index in [1.54, 1.807) is 115 Å². The van der Waals surface area contributed by atoms with Gasteiger partial charge in [0.2, 0.25) is 29.5 Å². The van der Waals surface area contributed by atoms with Crippen LogP contribution in [-0.2, 0) is 74.1 Å². The van der Waals surface area contributed by atoms with Crippen molar-refractivity contribution in [3.63, 3.8) is 0 Å². The number of aliphatic imine (C=N–C) groups is 1. The van der Waals surface area contributed by atoms with Gasteiger partial charge in [0, 0.05) is 26.2 Å². The summed E-state index contributed by atoms with van der Waals surface area (Å²) in [6.07, 6.45) is -2.10. The number of rotatable bonds is 36. The van der Waals surface area contributed by atoms with Gasteiger partial charge in [-0.1, -0.05) is 127 Å². The van der Waals surface area contributed by atoms with Crippen LogP contribution in [0.5, 0.6) is 0 Å². The van der Waals surface area contributed by atoms with Crippen molar-refractivity contribution in [1.82, 2.24) is 47.5 Å². The summed E-state index contributed by atoms with van der Waals surface area (Å²) in [4.78, 5) is 138. The Morgan fingerprint density at radius 3 is 1.57 bits per heavy atom. The Balaban J connectivity index is 1.37. The van der Waals surface area contributed by atoms with Gasteiger partial charge >= 0.3 is 24.2 Å². The molecule has 0 saturated carbocycles. The summed E-state index contributed by atoms with van der Waals surface area (Å²) in [6, 6.07) is 28.8. The average Bonchev–Trinajstić information content (AvgIpc) is 3.67. The first-order chi connectivity index (χ1) is 42.4. The minimum Gasteiger partial charge on any atom is -0.480 e. The number of benzene rings is 4. The summed E-state index contributed by atoms with van der Waals surface area (Å²) < 4.78 is 22.3. The number of nitro groups is 1. The number of carbonyl (C=O) groups is 9. The van der Waals surface area contributed by atoms with E-state index >= 15 is 0 Å². The normalized spacial score (nSPS) is 14.4. The van der Waals surface area contributed by atoms with Crippen LogP contribution in [-0.4, -0.2) is 144 Å². The molecule has 8 amide bonds. The molecule has 0 aromatic heterocycles. The van der Waals surface area contributed by atoms with E-state index in [1.165, 1.54) is 11.8 Å². The first kappa shape index (κ1) is 68.9. The summed E-state index contributed by atoms with van der Waals surface area (Å²) >= 11 is 0. The molecule has 4 aromatic carbocycles. The molecule has 0 radical (unpaired) electrons. The lowest BCUT2D eigenvalue weighted by Crippen LogP contribution is -2.61. The molecule has 474 valence electrons. The number of likely N-dealkylation sites (tertiary alicyclic amines) is 1. The molecule has 0 bridgehead atoms. The number of hydrazine groups is 1. The van der Waals surface area contributed by atoms with Crippen LogP contribution in [0.1, 0.15) is 93.4 Å². The second-order valence-electron chi connectivity index (χ2n) is 20.4. The second-order valence-corrected chi connectivity index (χ2v) is 20.4. The van der Waals surface area contributed by atoms with E-state index in [1.807, 2.05) is 12.1 Å². The lowest BCUT2D eigenvalue weighted by Gasteiger charge is -2.30. The Hall–Kier alpha value is -9.86. The molecule has 28 nitrogen and oxygen atoms in total. The highest BCUT2D eigenvalue weighted by Gasteiger charge is 2.38. The smallest absolute Gasteiger partial charge is 0.410 e. The highest BCUT2D eigenvalue weighted by Crippen LogP contribution is 2.20. The standard InChI is InChI=1S/C60H78N12O16/c1-41(85-37-42-20-6-2-7-21-42)51(56(79)68-46(52(75)65-36-50(73)74)28-14-16-32-63-58(80)86-38-43-22-8-3-9-23-43)69-54(77)47(29-15-17-33-64-59(81)87-39-44-24-10-4-11-25-44)66-53(76)48(30-18-34-62-57(61)70-72(83)84)67-55(78)49-31-19-35-71(49)60(82)88-40-45-26-12-5-13-27-45/h2-13,20-27,41,46-49,51H,14-19,28-40H2,1H3,(H,63,80)(H,64,81)(H,65,75)(H,66,76)(H,67,78)(H,68,79)(H,69,77)(H,73,74)(H3,61,62,70)/t41-,46+,47+,48+,49+,51+/m1/s1. The third-order valence-corrected chi connectivity index (χ3v) is 13.7. The Bertz CT molecular complexity index is 2910. The van der Waals surface area contributed by atoms with E-state index in [4.69, 9.17) is 24.7 Å². The van der Waals surface area contributed by atoms with Crippen molar-refractivity contribution in [3.05, 3.63) is 154 Å². The van der Waals surface area contributed by atoms with E-state index in [9.17, 15) is 58.4 Å². The van der Waals surface area contributed by atoms with Gasteiger partial charge in [0.1, 0.15) is 56.6 Å². The molecule has 0 spiro atoms. The molecule has 1 heterocycles. The first-order valence-corrected chi connectivity index (χ1v) is 28.9. The number of carboxylic acids is 1. The van der Waals surface area contributed by atoms with Crippen LogP contribution in [0, 0.1) is 10.1 Å². The average molecular weight is 1220 g/mol. The van der Waals surface area contributed by atoms with Gasteiger partial charge in [0.25, 0.3) is 5.96 Å². The lowest BCUT2D eigenvalue weighted by atomic mass is 10.0. The van der Waals surface area contributed by atoms with Gasteiger partial charge < -0.3 is 67.0 Å². The molecule has 4 aromatic rings. The molecule has 0 unspecified atom stereocenters. The van der Waals surface area contributed by atoms with Crippen LogP contribution in [0.3, 0.4) is 0 Å². The van der Waals surface area contributed by atoms with Crippen molar-refractivity contribution in [3.8, 4) is 0 Å². The summed E-state index contributed by atoms with van der Waals surface area (Å²) in [5, 5.41) is 37.8. The molecular weight excluding hydrogens is 1140 g/mol. The molecule has 6 atom stereocenters. The molecule has 1 fully saturated rings. The highest BCUT2D eigenvalue weighted by atomic mass is 16.7. The van der Waals surface area contributed by atoms with Crippen molar-refractivity contribution in [1.29, 1.82) is 0 Å². The minimum atomic E-state index is -1.60. The van der Waals surface area contributed by atoms with Crippen molar-refractivity contribution in [2.75, 3.05) is 32.7 Å². The quantitative estimate of drug-likeness (QED) is 0.00776. The zero-order valence-corrected chi connectivity index (χ0v) is 48.9. The molecular formula is C60H78N12O16. The predicted octanol–water partition coefficient (Wildman–Crippen LogP) is 3.60. The Labute approximate surface area is 508 Å². The molecule has 28 heteroatoms. The molecule has 88 heavy (non-hydrogen) atoms. The van der Waals surface area contributed by atoms with Crippen LogP contribution >= 0.6 is 0 Å². The third kappa shape index (κ3) is 26.2. The van der Waals surface area contributed by atoms with Gasteiger partial charge in [0.15, 0.2) is 5.03 Å². The summed E-state index contributed by atoms with van der Waals surface area (Å²) in [5.41, 5.74) is 10.3. The largest absolute Gasteiger partial charge is 0.480 e.